The number of aryl methyl sites for hydroxylation is 1. The molecule has 2 aromatic rings. The molecule has 1 heterocycles. The van der Waals surface area contributed by atoms with Crippen LogP contribution in [0.15, 0.2) is 48.5 Å². The van der Waals surface area contributed by atoms with Crippen molar-refractivity contribution in [1.29, 1.82) is 0 Å². The van der Waals surface area contributed by atoms with Crippen molar-refractivity contribution in [3.8, 4) is 5.75 Å². The number of para-hydroxylation sites is 2. The van der Waals surface area contributed by atoms with E-state index < -0.39 is 0 Å². The van der Waals surface area contributed by atoms with Gasteiger partial charge < -0.3 is 15.0 Å². The molecule has 0 atom stereocenters. The van der Waals surface area contributed by atoms with Gasteiger partial charge in [0.25, 0.3) is 0 Å². The number of anilines is 1. The van der Waals surface area contributed by atoms with Crippen molar-refractivity contribution < 1.29 is 14.3 Å². The van der Waals surface area contributed by atoms with Gasteiger partial charge in [-0.2, -0.15) is 0 Å². The molecular formula is C22H26N2O3. The van der Waals surface area contributed by atoms with Crippen LogP contribution in [-0.2, 0) is 16.0 Å². The first-order valence-corrected chi connectivity index (χ1v) is 9.34. The summed E-state index contributed by atoms with van der Waals surface area (Å²) in [7, 11) is 1.59. The number of benzene rings is 2. The zero-order chi connectivity index (χ0) is 19.2. The van der Waals surface area contributed by atoms with Crippen molar-refractivity contribution >= 4 is 17.5 Å². The first kappa shape index (κ1) is 19.0. The monoisotopic (exact) mass is 366 g/mol. The Labute approximate surface area is 160 Å². The number of likely N-dealkylation sites (tertiary alicyclic amines) is 1. The molecule has 1 fully saturated rings. The number of ether oxygens (including phenoxy) is 1. The lowest BCUT2D eigenvalue weighted by Gasteiger charge is -2.31. The summed E-state index contributed by atoms with van der Waals surface area (Å²) in [6.45, 7) is 3.27. The normalized spacial score (nSPS) is 14.7. The van der Waals surface area contributed by atoms with Crippen LogP contribution in [0.3, 0.4) is 0 Å². The highest BCUT2D eigenvalue weighted by atomic mass is 16.5. The molecule has 2 amide bonds. The predicted molar refractivity (Wildman–Crippen MR) is 106 cm³/mol. The second-order valence-corrected chi connectivity index (χ2v) is 7.01. The van der Waals surface area contributed by atoms with Crippen LogP contribution in [0.4, 0.5) is 5.69 Å². The molecule has 27 heavy (non-hydrogen) atoms. The summed E-state index contributed by atoms with van der Waals surface area (Å²) in [6.07, 6.45) is 1.78. The van der Waals surface area contributed by atoms with Crippen LogP contribution in [0.1, 0.15) is 24.0 Å². The van der Waals surface area contributed by atoms with Crippen molar-refractivity contribution in [3.63, 3.8) is 0 Å². The number of nitrogens with one attached hydrogen (secondary N) is 1. The van der Waals surface area contributed by atoms with Gasteiger partial charge in [0.2, 0.25) is 11.8 Å². The Morgan fingerprint density at radius 1 is 1.07 bits per heavy atom. The van der Waals surface area contributed by atoms with E-state index in [1.165, 1.54) is 5.56 Å². The molecule has 5 nitrogen and oxygen atoms in total. The molecule has 0 saturated carbocycles. The first-order valence-electron chi connectivity index (χ1n) is 9.34. The van der Waals surface area contributed by atoms with Crippen molar-refractivity contribution in [2.75, 3.05) is 25.5 Å². The van der Waals surface area contributed by atoms with Crippen molar-refractivity contribution in [2.45, 2.75) is 26.2 Å². The third-order valence-corrected chi connectivity index (χ3v) is 5.06. The molecule has 2 aromatic carbocycles. The number of amides is 2. The van der Waals surface area contributed by atoms with Gasteiger partial charge in [-0.3, -0.25) is 9.59 Å². The predicted octanol–water partition coefficient (Wildman–Crippen LogP) is 3.42. The largest absolute Gasteiger partial charge is 0.495 e. The molecule has 0 radical (unpaired) electrons. The third kappa shape index (κ3) is 4.88. The minimum atomic E-state index is -0.0849. The fourth-order valence-electron chi connectivity index (χ4n) is 3.37. The Morgan fingerprint density at radius 3 is 2.41 bits per heavy atom. The number of piperidine rings is 1. The molecule has 0 bridgehead atoms. The number of hydrogen-bond acceptors (Lipinski definition) is 3. The highest BCUT2D eigenvalue weighted by Crippen LogP contribution is 2.26. The van der Waals surface area contributed by atoms with Crippen LogP contribution in [0.5, 0.6) is 5.75 Å². The van der Waals surface area contributed by atoms with E-state index in [0.717, 1.165) is 5.56 Å². The molecule has 0 unspecified atom stereocenters. The van der Waals surface area contributed by atoms with Crippen LogP contribution in [-0.4, -0.2) is 36.9 Å². The topological polar surface area (TPSA) is 58.6 Å². The molecule has 1 saturated heterocycles. The highest BCUT2D eigenvalue weighted by molar-refractivity contribution is 5.94. The molecule has 0 spiro atoms. The standard InChI is InChI=1S/C22H26N2O3/c1-16-7-9-17(10-8-16)15-21(25)24-13-11-18(12-14-24)22(26)23-19-5-3-4-6-20(19)27-2/h3-10,18H,11-15H2,1-2H3,(H,23,26). The number of carbonyl (C=O) groups is 2. The van der Waals surface area contributed by atoms with Crippen LogP contribution < -0.4 is 10.1 Å². The fourth-order valence-corrected chi connectivity index (χ4v) is 3.37. The number of hydrogen-bond donors (Lipinski definition) is 1. The van der Waals surface area contributed by atoms with Crippen LogP contribution in [0, 0.1) is 12.8 Å². The lowest BCUT2D eigenvalue weighted by Crippen LogP contribution is -2.42. The molecular weight excluding hydrogens is 340 g/mol. The number of rotatable bonds is 5. The number of carbonyl (C=O) groups excluding carboxylic acids is 2. The SMILES string of the molecule is COc1ccccc1NC(=O)C1CCN(C(=O)Cc2ccc(C)cc2)CC1. The highest BCUT2D eigenvalue weighted by Gasteiger charge is 2.27. The van der Waals surface area contributed by atoms with Crippen LogP contribution >= 0.6 is 0 Å². The molecule has 1 N–H and O–H groups in total. The maximum atomic E-state index is 12.6. The Morgan fingerprint density at radius 2 is 1.74 bits per heavy atom. The number of methoxy groups -OCH3 is 1. The van der Waals surface area contributed by atoms with Crippen molar-refractivity contribution in [3.05, 3.63) is 59.7 Å². The summed E-state index contributed by atoms with van der Waals surface area (Å²) in [5.74, 6) is 0.683. The van der Waals surface area contributed by atoms with E-state index in [9.17, 15) is 9.59 Å². The van der Waals surface area contributed by atoms with Gasteiger partial charge in [0, 0.05) is 19.0 Å². The Hall–Kier alpha value is -2.82. The number of nitrogens with zero attached hydrogens (tertiary/aromatic N) is 1. The summed E-state index contributed by atoms with van der Waals surface area (Å²) in [6, 6.07) is 15.4. The first-order chi connectivity index (χ1) is 13.1. The van der Waals surface area contributed by atoms with Gasteiger partial charge in [-0.15, -0.1) is 0 Å². The molecule has 0 aliphatic carbocycles. The van der Waals surface area contributed by atoms with E-state index in [1.807, 2.05) is 60.4 Å². The minimum absolute atomic E-state index is 0.00914. The van der Waals surface area contributed by atoms with E-state index in [2.05, 4.69) is 5.32 Å². The van der Waals surface area contributed by atoms with Gasteiger partial charge >= 0.3 is 0 Å². The van der Waals surface area contributed by atoms with Gasteiger partial charge in [0.15, 0.2) is 0 Å². The van der Waals surface area contributed by atoms with E-state index in [4.69, 9.17) is 4.74 Å². The summed E-state index contributed by atoms with van der Waals surface area (Å²) in [4.78, 5) is 26.9. The van der Waals surface area contributed by atoms with Crippen LogP contribution in [0.2, 0.25) is 0 Å². The average molecular weight is 366 g/mol. The van der Waals surface area contributed by atoms with Gasteiger partial charge in [-0.25, -0.2) is 0 Å². The molecule has 5 heteroatoms. The third-order valence-electron chi connectivity index (χ3n) is 5.06. The summed E-state index contributed by atoms with van der Waals surface area (Å²) in [5, 5.41) is 2.95. The summed E-state index contributed by atoms with van der Waals surface area (Å²) in [5.41, 5.74) is 2.90. The molecule has 3 rings (SSSR count). The second-order valence-electron chi connectivity index (χ2n) is 7.01. The molecule has 0 aromatic heterocycles. The lowest BCUT2D eigenvalue weighted by molar-refractivity contribution is -0.133. The van der Waals surface area contributed by atoms with Crippen LogP contribution in [0.25, 0.3) is 0 Å². The second kappa shape index (κ2) is 8.71. The minimum Gasteiger partial charge on any atom is -0.495 e. The fraction of sp³-hybridized carbons (Fsp3) is 0.364. The summed E-state index contributed by atoms with van der Waals surface area (Å²) >= 11 is 0. The zero-order valence-electron chi connectivity index (χ0n) is 15.9. The van der Waals surface area contributed by atoms with Crippen molar-refractivity contribution in [1.82, 2.24) is 4.90 Å². The molecule has 1 aliphatic rings. The summed E-state index contributed by atoms with van der Waals surface area (Å²) < 4.78 is 5.28. The van der Waals surface area contributed by atoms with E-state index >= 15 is 0 Å². The molecule has 1 aliphatic heterocycles. The van der Waals surface area contributed by atoms with E-state index in [-0.39, 0.29) is 17.7 Å². The Kier molecular flexibility index (Phi) is 6.12. The van der Waals surface area contributed by atoms with Crippen molar-refractivity contribution in [2.24, 2.45) is 5.92 Å². The average Bonchev–Trinajstić information content (AvgIpc) is 2.70. The lowest BCUT2D eigenvalue weighted by atomic mass is 9.95. The van der Waals surface area contributed by atoms with Gasteiger partial charge in [-0.1, -0.05) is 42.0 Å². The van der Waals surface area contributed by atoms with Gasteiger partial charge in [0.1, 0.15) is 5.75 Å². The van der Waals surface area contributed by atoms with E-state index in [0.29, 0.717) is 43.8 Å². The quantitative estimate of drug-likeness (QED) is 0.882. The Balaban J connectivity index is 1.51. The van der Waals surface area contributed by atoms with E-state index in [1.54, 1.807) is 7.11 Å². The maximum absolute atomic E-state index is 12.6. The smallest absolute Gasteiger partial charge is 0.227 e. The maximum Gasteiger partial charge on any atom is 0.227 e. The Bertz CT molecular complexity index is 793. The zero-order valence-corrected chi connectivity index (χ0v) is 15.9. The molecule has 142 valence electrons. The van der Waals surface area contributed by atoms with Gasteiger partial charge in [-0.05, 0) is 37.5 Å². The van der Waals surface area contributed by atoms with Gasteiger partial charge in [0.05, 0.1) is 19.2 Å².